The molecule has 2 aromatic carbocycles. The van der Waals surface area contributed by atoms with Gasteiger partial charge in [0, 0.05) is 18.0 Å². The van der Waals surface area contributed by atoms with Crippen molar-refractivity contribution >= 4 is 29.3 Å². The number of carbonyl (C=O) groups excluding carboxylic acids is 2. The van der Waals surface area contributed by atoms with Gasteiger partial charge in [-0.2, -0.15) is 5.26 Å². The van der Waals surface area contributed by atoms with Gasteiger partial charge in [0.2, 0.25) is 11.8 Å². The highest BCUT2D eigenvalue weighted by atomic mass is 32.2. The Hall–Kier alpha value is -3.04. The first-order chi connectivity index (χ1) is 14.9. The average Bonchev–Trinajstić information content (AvgIpc) is 2.78. The molecule has 2 N–H and O–H groups in total. The molecule has 160 valence electrons. The van der Waals surface area contributed by atoms with E-state index in [1.54, 1.807) is 0 Å². The molecule has 0 saturated heterocycles. The molecule has 1 heterocycles. The number of nitriles is 1. The number of thioether (sulfide) groups is 1. The van der Waals surface area contributed by atoms with Crippen LogP contribution in [0.5, 0.6) is 0 Å². The second-order valence-electron chi connectivity index (χ2n) is 7.87. The summed E-state index contributed by atoms with van der Waals surface area (Å²) in [6.07, 6.45) is 1.17. The van der Waals surface area contributed by atoms with Gasteiger partial charge in [-0.05, 0) is 41.2 Å². The van der Waals surface area contributed by atoms with Crippen LogP contribution >= 0.6 is 11.8 Å². The molecule has 0 aliphatic carbocycles. The minimum absolute atomic E-state index is 0.106. The predicted octanol–water partition coefficient (Wildman–Crippen LogP) is 5.08. The maximum absolute atomic E-state index is 12.4. The van der Waals surface area contributed by atoms with Crippen molar-refractivity contribution < 1.29 is 9.59 Å². The van der Waals surface area contributed by atoms with Crippen LogP contribution in [-0.4, -0.2) is 17.6 Å². The van der Waals surface area contributed by atoms with Gasteiger partial charge in [0.25, 0.3) is 0 Å². The molecular weight excluding hydrogens is 406 g/mol. The van der Waals surface area contributed by atoms with Crippen LogP contribution < -0.4 is 10.6 Å². The first-order valence-corrected chi connectivity index (χ1v) is 11.4. The Balaban J connectivity index is 1.72. The molecule has 0 aromatic heterocycles. The van der Waals surface area contributed by atoms with E-state index in [2.05, 4.69) is 37.5 Å². The number of benzene rings is 2. The van der Waals surface area contributed by atoms with E-state index >= 15 is 0 Å². The average molecular weight is 434 g/mol. The number of aryl methyl sites for hydroxylation is 1. The topological polar surface area (TPSA) is 82.0 Å². The third-order valence-corrected chi connectivity index (χ3v) is 6.37. The Morgan fingerprint density at radius 2 is 1.87 bits per heavy atom. The van der Waals surface area contributed by atoms with E-state index in [-0.39, 0.29) is 29.9 Å². The lowest BCUT2D eigenvalue weighted by Gasteiger charge is -2.25. The van der Waals surface area contributed by atoms with Crippen LogP contribution in [0, 0.1) is 11.3 Å². The number of carbonyl (C=O) groups is 2. The zero-order chi connectivity index (χ0) is 22.4. The summed E-state index contributed by atoms with van der Waals surface area (Å²) in [5.41, 5.74) is 4.59. The highest BCUT2D eigenvalue weighted by Gasteiger charge is 2.29. The number of nitrogens with zero attached hydrogens (tertiary/aromatic N) is 1. The largest absolute Gasteiger partial charge is 0.325 e. The zero-order valence-corrected chi connectivity index (χ0v) is 18.9. The highest BCUT2D eigenvalue weighted by molar-refractivity contribution is 8.03. The molecular formula is C25H27N3O2S. The Bertz CT molecular complexity index is 1020. The lowest BCUT2D eigenvalue weighted by Crippen LogP contribution is -2.31. The zero-order valence-electron chi connectivity index (χ0n) is 18.1. The molecule has 0 saturated carbocycles. The summed E-state index contributed by atoms with van der Waals surface area (Å²) in [5, 5.41) is 15.9. The maximum atomic E-state index is 12.4. The van der Waals surface area contributed by atoms with Crippen molar-refractivity contribution in [1.82, 2.24) is 5.32 Å². The molecule has 5 nitrogen and oxygen atoms in total. The van der Waals surface area contributed by atoms with Crippen LogP contribution in [-0.2, 0) is 16.0 Å². The van der Waals surface area contributed by atoms with Crippen LogP contribution in [0.3, 0.4) is 0 Å². The van der Waals surface area contributed by atoms with E-state index in [0.717, 1.165) is 17.7 Å². The molecule has 1 unspecified atom stereocenters. The van der Waals surface area contributed by atoms with Gasteiger partial charge < -0.3 is 10.6 Å². The number of hydrogen-bond acceptors (Lipinski definition) is 4. The third-order valence-electron chi connectivity index (χ3n) is 5.36. The molecule has 0 fully saturated rings. The van der Waals surface area contributed by atoms with Gasteiger partial charge in [0.15, 0.2) is 0 Å². The van der Waals surface area contributed by atoms with E-state index in [1.807, 2.05) is 48.5 Å². The number of nitrogens with one attached hydrogen (secondary N) is 2. The highest BCUT2D eigenvalue weighted by Crippen LogP contribution is 2.36. The quantitative estimate of drug-likeness (QED) is 0.638. The molecule has 6 heteroatoms. The van der Waals surface area contributed by atoms with Crippen molar-refractivity contribution in [2.75, 3.05) is 11.1 Å². The number of allylic oxidation sites excluding steroid dienone is 1. The van der Waals surface area contributed by atoms with E-state index in [9.17, 15) is 14.9 Å². The van der Waals surface area contributed by atoms with Gasteiger partial charge in [-0.15, -0.1) is 0 Å². The molecule has 1 atom stereocenters. The second kappa shape index (κ2) is 10.3. The summed E-state index contributed by atoms with van der Waals surface area (Å²) in [6.45, 7) is 6.33. The molecule has 1 aliphatic heterocycles. The van der Waals surface area contributed by atoms with Crippen molar-refractivity contribution in [3.63, 3.8) is 0 Å². The summed E-state index contributed by atoms with van der Waals surface area (Å²) >= 11 is 1.19. The molecule has 0 spiro atoms. The summed E-state index contributed by atoms with van der Waals surface area (Å²) in [7, 11) is 0. The molecule has 2 aromatic rings. The predicted molar refractivity (Wildman–Crippen MR) is 126 cm³/mol. The maximum Gasteiger partial charge on any atom is 0.234 e. The fourth-order valence-corrected chi connectivity index (χ4v) is 4.37. The number of amides is 2. The Kier molecular flexibility index (Phi) is 7.54. The Labute approximate surface area is 187 Å². The van der Waals surface area contributed by atoms with Gasteiger partial charge in [-0.25, -0.2) is 0 Å². The molecule has 0 bridgehead atoms. The molecule has 0 radical (unpaired) electrons. The smallest absolute Gasteiger partial charge is 0.234 e. The molecule has 1 aliphatic rings. The van der Waals surface area contributed by atoms with E-state index < -0.39 is 0 Å². The molecule has 2 amide bonds. The number of hydrogen-bond donors (Lipinski definition) is 2. The standard InChI is InChI=1S/C25H27N3O2S/c1-4-17-5-11-20(12-6-17)27-24(30)15-31-25-22(14-26)21(13-23(29)28-25)19-9-7-18(8-10-19)16(2)3/h5-12,16,21H,4,13,15H2,1-3H3,(H,27,30)(H,28,29). The van der Waals surface area contributed by atoms with Crippen LogP contribution in [0.1, 0.15) is 55.7 Å². The SMILES string of the molecule is CCc1ccc(NC(=O)CSC2=C(C#N)C(c3ccc(C(C)C)cc3)CC(=O)N2)cc1. The summed E-state index contributed by atoms with van der Waals surface area (Å²) in [6, 6.07) is 18.0. The van der Waals surface area contributed by atoms with Crippen LogP contribution in [0.15, 0.2) is 59.1 Å². The van der Waals surface area contributed by atoms with Gasteiger partial charge in [0.05, 0.1) is 22.4 Å². The van der Waals surface area contributed by atoms with Crippen LogP contribution in [0.4, 0.5) is 5.69 Å². The monoisotopic (exact) mass is 433 g/mol. The van der Waals surface area contributed by atoms with Gasteiger partial charge >= 0.3 is 0 Å². The van der Waals surface area contributed by atoms with Crippen LogP contribution in [0.25, 0.3) is 0 Å². The van der Waals surface area contributed by atoms with Crippen molar-refractivity contribution in [3.05, 3.63) is 75.8 Å². The van der Waals surface area contributed by atoms with Gasteiger partial charge in [-0.1, -0.05) is 68.9 Å². The lowest BCUT2D eigenvalue weighted by molar-refractivity contribution is -0.121. The second-order valence-corrected chi connectivity index (χ2v) is 8.85. The minimum atomic E-state index is -0.299. The number of rotatable bonds is 7. The van der Waals surface area contributed by atoms with Crippen molar-refractivity contribution in [3.8, 4) is 6.07 Å². The number of anilines is 1. The summed E-state index contributed by atoms with van der Waals surface area (Å²) < 4.78 is 0. The van der Waals surface area contributed by atoms with E-state index in [4.69, 9.17) is 0 Å². The fourth-order valence-electron chi connectivity index (χ4n) is 3.49. The molecule has 31 heavy (non-hydrogen) atoms. The fraction of sp³-hybridized carbons (Fsp3) is 0.320. The Morgan fingerprint density at radius 3 is 2.45 bits per heavy atom. The van der Waals surface area contributed by atoms with E-state index in [1.165, 1.54) is 22.9 Å². The third kappa shape index (κ3) is 5.77. The first kappa shape index (κ1) is 22.6. The van der Waals surface area contributed by atoms with Crippen molar-refractivity contribution in [1.29, 1.82) is 5.26 Å². The van der Waals surface area contributed by atoms with Gasteiger partial charge in [-0.3, -0.25) is 9.59 Å². The van der Waals surface area contributed by atoms with Crippen molar-refractivity contribution in [2.45, 2.75) is 45.4 Å². The summed E-state index contributed by atoms with van der Waals surface area (Å²) in [5.74, 6) is -0.105. The normalized spacial score (nSPS) is 16.1. The van der Waals surface area contributed by atoms with Crippen molar-refractivity contribution in [2.24, 2.45) is 0 Å². The summed E-state index contributed by atoms with van der Waals surface area (Å²) in [4.78, 5) is 24.7. The Morgan fingerprint density at radius 1 is 1.19 bits per heavy atom. The molecule has 3 rings (SSSR count). The lowest BCUT2D eigenvalue weighted by atomic mass is 9.86. The van der Waals surface area contributed by atoms with E-state index in [0.29, 0.717) is 16.5 Å². The minimum Gasteiger partial charge on any atom is -0.325 e. The van der Waals surface area contributed by atoms with Gasteiger partial charge in [0.1, 0.15) is 0 Å². The first-order valence-electron chi connectivity index (χ1n) is 10.5. The van der Waals surface area contributed by atoms with Crippen LogP contribution in [0.2, 0.25) is 0 Å².